The lowest BCUT2D eigenvalue weighted by Crippen LogP contribution is -2.27. The van der Waals surface area contributed by atoms with Crippen molar-refractivity contribution in [1.82, 2.24) is 0 Å². The normalized spacial score (nSPS) is 30.6. The van der Waals surface area contributed by atoms with Crippen molar-refractivity contribution in [3.8, 4) is 23.7 Å². The van der Waals surface area contributed by atoms with Crippen molar-refractivity contribution in [1.29, 1.82) is 0 Å². The fraction of sp³-hybridized carbons (Fsp3) is 0.652. The second kappa shape index (κ2) is 10.3. The molecule has 1 aliphatic carbocycles. The third-order valence-electron chi connectivity index (χ3n) is 5.77. The monoisotopic (exact) mass is 401 g/mol. The number of aliphatic hydroxyl groups excluding tert-OH is 2. The number of hydrogen-bond donors (Lipinski definition) is 3. The lowest BCUT2D eigenvalue weighted by atomic mass is 9.82. The first-order chi connectivity index (χ1) is 13.3. The summed E-state index contributed by atoms with van der Waals surface area (Å²) >= 11 is 3.82. The topological polar surface area (TPSA) is 69.9 Å². The highest BCUT2D eigenvalue weighted by atomic mass is 32.1. The zero-order chi connectivity index (χ0) is 20.7. The van der Waals surface area contributed by atoms with Crippen LogP contribution >= 0.6 is 12.6 Å². The molecule has 0 aromatic carbocycles. The van der Waals surface area contributed by atoms with Gasteiger partial charge in [-0.05, 0) is 39.0 Å². The van der Waals surface area contributed by atoms with Crippen LogP contribution in [0.2, 0.25) is 0 Å². The maximum atomic E-state index is 11.1. The molecule has 0 bridgehead atoms. The van der Waals surface area contributed by atoms with Gasteiger partial charge in [0, 0.05) is 36.8 Å². The molecule has 1 saturated carbocycles. The van der Waals surface area contributed by atoms with Crippen molar-refractivity contribution in [3.63, 3.8) is 0 Å². The molecule has 1 aliphatic heterocycles. The summed E-state index contributed by atoms with van der Waals surface area (Å²) in [6.45, 7) is 5.56. The molecule has 6 atom stereocenters. The molecule has 0 saturated heterocycles. The smallest absolute Gasteiger partial charge is 0.185 e. The molecule has 152 valence electrons. The number of nitrogens with zero attached hydrogens (tertiary/aromatic N) is 1. The summed E-state index contributed by atoms with van der Waals surface area (Å²) in [6.07, 6.45) is 6.49. The Balaban J connectivity index is 2.11. The first-order valence-corrected chi connectivity index (χ1v) is 10.4. The molecule has 0 radical (unpaired) electrons. The van der Waals surface area contributed by atoms with Gasteiger partial charge in [0.2, 0.25) is 0 Å². The van der Waals surface area contributed by atoms with E-state index < -0.39 is 17.7 Å². The molecule has 4 nitrogen and oxygen atoms in total. The van der Waals surface area contributed by atoms with Crippen LogP contribution in [0.1, 0.15) is 59.3 Å². The SMILES string of the molecule is CC#CCC(C)C(O)/C=C/C1C(O)CC2(C#CC)N=C(CCCC(=O)S)CC12. The molecular weight excluding hydrogens is 370 g/mol. The summed E-state index contributed by atoms with van der Waals surface area (Å²) in [5.74, 6) is 12.1. The molecule has 0 spiro atoms. The zero-order valence-corrected chi connectivity index (χ0v) is 17.9. The van der Waals surface area contributed by atoms with E-state index >= 15 is 0 Å². The summed E-state index contributed by atoms with van der Waals surface area (Å²) in [4.78, 5) is 16.0. The largest absolute Gasteiger partial charge is 0.392 e. The minimum Gasteiger partial charge on any atom is -0.392 e. The van der Waals surface area contributed by atoms with Crippen molar-refractivity contribution in [2.45, 2.75) is 77.0 Å². The highest BCUT2D eigenvalue weighted by Crippen LogP contribution is 2.50. The van der Waals surface area contributed by atoms with Crippen molar-refractivity contribution >= 4 is 23.5 Å². The molecule has 1 fully saturated rings. The number of hydrogen-bond acceptors (Lipinski definition) is 4. The minimum atomic E-state index is -0.594. The van der Waals surface area contributed by atoms with Crippen molar-refractivity contribution in [2.24, 2.45) is 22.7 Å². The Bertz CT molecular complexity index is 751. The summed E-state index contributed by atoms with van der Waals surface area (Å²) in [5, 5.41) is 21.0. The standard InChI is InChI=1S/C23H31NO3S/c1-4-6-8-16(3)20(25)12-11-18-19-14-17(9-7-10-22(27)28)24-23(19,13-5-2)15-21(18)26/h11-12,16,18-21,25-26H,7-10,14-15H2,1-3H3,(H,27,28)/b12-11+. The summed E-state index contributed by atoms with van der Waals surface area (Å²) in [5.41, 5.74) is 0.521. The fourth-order valence-corrected chi connectivity index (χ4v) is 4.43. The third-order valence-corrected chi connectivity index (χ3v) is 5.99. The van der Waals surface area contributed by atoms with E-state index in [-0.39, 0.29) is 22.9 Å². The summed E-state index contributed by atoms with van der Waals surface area (Å²) in [7, 11) is 0. The molecule has 0 amide bonds. The average Bonchev–Trinajstić information content (AvgIpc) is 3.08. The van der Waals surface area contributed by atoms with Gasteiger partial charge in [-0.15, -0.1) is 30.4 Å². The van der Waals surface area contributed by atoms with E-state index in [1.165, 1.54) is 0 Å². The highest BCUT2D eigenvalue weighted by molar-refractivity contribution is 7.96. The maximum absolute atomic E-state index is 11.1. The van der Waals surface area contributed by atoms with E-state index in [2.05, 4.69) is 36.3 Å². The van der Waals surface area contributed by atoms with Gasteiger partial charge in [-0.1, -0.05) is 25.0 Å². The van der Waals surface area contributed by atoms with Crippen LogP contribution in [0.3, 0.4) is 0 Å². The van der Waals surface area contributed by atoms with E-state index in [1.807, 2.05) is 13.0 Å². The van der Waals surface area contributed by atoms with E-state index in [0.29, 0.717) is 19.3 Å². The van der Waals surface area contributed by atoms with E-state index in [1.54, 1.807) is 19.9 Å². The first kappa shape index (κ1) is 22.8. The molecule has 0 aromatic rings. The molecule has 1 heterocycles. The van der Waals surface area contributed by atoms with Gasteiger partial charge in [0.1, 0.15) is 5.54 Å². The molecule has 28 heavy (non-hydrogen) atoms. The van der Waals surface area contributed by atoms with Gasteiger partial charge >= 0.3 is 0 Å². The second-order valence-electron chi connectivity index (χ2n) is 7.87. The maximum Gasteiger partial charge on any atom is 0.185 e. The molecule has 2 rings (SSSR count). The van der Waals surface area contributed by atoms with Crippen LogP contribution in [0.5, 0.6) is 0 Å². The van der Waals surface area contributed by atoms with E-state index in [4.69, 9.17) is 4.99 Å². The summed E-state index contributed by atoms with van der Waals surface area (Å²) < 4.78 is 0. The highest BCUT2D eigenvalue weighted by Gasteiger charge is 2.54. The van der Waals surface area contributed by atoms with Crippen LogP contribution < -0.4 is 0 Å². The Morgan fingerprint density at radius 1 is 1.43 bits per heavy atom. The Labute approximate surface area is 174 Å². The number of fused-ring (bicyclic) bond motifs is 1. The van der Waals surface area contributed by atoms with Crippen LogP contribution in [0, 0.1) is 41.4 Å². The van der Waals surface area contributed by atoms with Crippen LogP contribution in [-0.4, -0.2) is 38.8 Å². The Morgan fingerprint density at radius 3 is 2.82 bits per heavy atom. The quantitative estimate of drug-likeness (QED) is 0.332. The van der Waals surface area contributed by atoms with Crippen molar-refractivity contribution in [2.75, 3.05) is 0 Å². The van der Waals surface area contributed by atoms with Crippen molar-refractivity contribution in [3.05, 3.63) is 12.2 Å². The van der Waals surface area contributed by atoms with Crippen LogP contribution in [0.15, 0.2) is 17.1 Å². The van der Waals surface area contributed by atoms with Crippen LogP contribution in [-0.2, 0) is 4.79 Å². The van der Waals surface area contributed by atoms with Crippen LogP contribution in [0.25, 0.3) is 0 Å². The Kier molecular flexibility index (Phi) is 8.38. The third kappa shape index (κ3) is 5.51. The predicted molar refractivity (Wildman–Crippen MR) is 116 cm³/mol. The molecule has 2 N–H and O–H groups in total. The average molecular weight is 402 g/mol. The number of aliphatic hydroxyl groups is 2. The van der Waals surface area contributed by atoms with Crippen LogP contribution in [0.4, 0.5) is 0 Å². The minimum absolute atomic E-state index is 0.0385. The molecule has 0 aromatic heterocycles. The molecule has 5 heteroatoms. The Morgan fingerprint density at radius 2 is 2.18 bits per heavy atom. The van der Waals surface area contributed by atoms with E-state index in [9.17, 15) is 15.0 Å². The predicted octanol–water partition coefficient (Wildman–Crippen LogP) is 3.18. The van der Waals surface area contributed by atoms with Gasteiger partial charge in [-0.3, -0.25) is 9.79 Å². The number of aliphatic imine (C=N–C) groups is 1. The molecule has 2 aliphatic rings. The fourth-order valence-electron chi connectivity index (χ4n) is 4.28. The van der Waals surface area contributed by atoms with Gasteiger partial charge < -0.3 is 10.2 Å². The second-order valence-corrected chi connectivity index (χ2v) is 8.37. The lowest BCUT2D eigenvalue weighted by Gasteiger charge is -2.22. The number of rotatable bonds is 8. The number of thiol groups is 1. The van der Waals surface area contributed by atoms with Gasteiger partial charge in [-0.2, -0.15) is 0 Å². The first-order valence-electron chi connectivity index (χ1n) is 10.00. The summed E-state index contributed by atoms with van der Waals surface area (Å²) in [6, 6.07) is 0. The zero-order valence-electron chi connectivity index (χ0n) is 17.0. The van der Waals surface area contributed by atoms with E-state index in [0.717, 1.165) is 25.0 Å². The molecule has 6 unspecified atom stereocenters. The van der Waals surface area contributed by atoms with Gasteiger partial charge in [0.15, 0.2) is 5.12 Å². The molecular formula is C23H31NO3S. The number of carbonyl (C=O) groups is 1. The van der Waals surface area contributed by atoms with Crippen molar-refractivity contribution < 1.29 is 15.0 Å². The van der Waals surface area contributed by atoms with Gasteiger partial charge in [-0.25, -0.2) is 0 Å². The van der Waals surface area contributed by atoms with Gasteiger partial charge in [0.25, 0.3) is 0 Å². The lowest BCUT2D eigenvalue weighted by molar-refractivity contribution is -0.110. The number of carbonyl (C=O) groups excluding carboxylic acids is 1. The van der Waals surface area contributed by atoms with Gasteiger partial charge in [0.05, 0.1) is 12.2 Å². The Hall–Kier alpha value is -1.53.